The number of carboxylic acids is 1. The molecule has 0 amide bonds. The van der Waals surface area contributed by atoms with Crippen molar-refractivity contribution >= 4 is 23.1 Å². The van der Waals surface area contributed by atoms with Gasteiger partial charge in [-0.05, 0) is 53.4 Å². The molecule has 1 atom stereocenters. The fraction of sp³-hybridized carbons (Fsp3) is 0.333. The second-order valence-corrected chi connectivity index (χ2v) is 6.90. The summed E-state index contributed by atoms with van der Waals surface area (Å²) in [6.07, 6.45) is 1.32. The molecule has 0 radical (unpaired) electrons. The van der Waals surface area contributed by atoms with E-state index in [0.717, 1.165) is 12.0 Å². The number of hydrogen-bond donors (Lipinski definition) is 1. The lowest BCUT2D eigenvalue weighted by Crippen LogP contribution is -2.42. The molecule has 0 saturated carbocycles. The van der Waals surface area contributed by atoms with Gasteiger partial charge >= 0.3 is 5.97 Å². The molecule has 3 nitrogen and oxygen atoms in total. The zero-order valence-electron chi connectivity index (χ0n) is 14.7. The number of aliphatic carboxylic acids is 1. The maximum atomic E-state index is 11.7. The minimum Gasteiger partial charge on any atom is -0.480 e. The lowest BCUT2D eigenvalue weighted by molar-refractivity contribution is -0.142. The minimum atomic E-state index is -0.808. The zero-order chi connectivity index (χ0) is 18.0. The number of rotatable bonds is 7. The van der Waals surface area contributed by atoms with Crippen molar-refractivity contribution in [3.63, 3.8) is 0 Å². The summed E-state index contributed by atoms with van der Waals surface area (Å²) >= 11 is 5.61. The predicted octanol–water partition coefficient (Wildman–Crippen LogP) is 4.16. The minimum absolute atomic E-state index is 0.368. The molecule has 2 aromatic rings. The Balaban J connectivity index is 1.86. The molecule has 0 aromatic heterocycles. The molecule has 2 aromatic carbocycles. The van der Waals surface area contributed by atoms with Gasteiger partial charge in [0.2, 0.25) is 0 Å². The average molecular weight is 353 g/mol. The van der Waals surface area contributed by atoms with Gasteiger partial charge in [-0.3, -0.25) is 9.69 Å². The van der Waals surface area contributed by atoms with Crippen LogP contribution < -0.4 is 0 Å². The Morgan fingerprint density at radius 1 is 1.12 bits per heavy atom. The van der Waals surface area contributed by atoms with Crippen LogP contribution in [0.2, 0.25) is 0 Å². The smallest absolute Gasteiger partial charge is 0.321 e. The molecule has 1 aliphatic carbocycles. The van der Waals surface area contributed by atoms with Crippen molar-refractivity contribution in [2.75, 3.05) is 13.1 Å². The highest BCUT2D eigenvalue weighted by molar-refractivity contribution is 7.80. The Bertz CT molecular complexity index is 811. The Morgan fingerprint density at radius 3 is 2.48 bits per heavy atom. The van der Waals surface area contributed by atoms with Crippen molar-refractivity contribution in [1.29, 1.82) is 0 Å². The predicted molar refractivity (Wildman–Crippen MR) is 105 cm³/mol. The molecule has 0 bridgehead atoms. The molecule has 4 heteroatoms. The van der Waals surface area contributed by atoms with Crippen LogP contribution in [0.4, 0.5) is 0 Å². The van der Waals surface area contributed by atoms with E-state index in [9.17, 15) is 9.90 Å². The lowest BCUT2D eigenvalue weighted by atomic mass is 9.98. The largest absolute Gasteiger partial charge is 0.480 e. The van der Waals surface area contributed by atoms with Gasteiger partial charge in [-0.15, -0.1) is 0 Å². The Hall–Kier alpha value is -2.04. The van der Waals surface area contributed by atoms with Crippen LogP contribution >= 0.6 is 12.2 Å². The number of nitrogens with zero attached hydrogens (tertiary/aromatic N) is 1. The van der Waals surface area contributed by atoms with Gasteiger partial charge in [0.1, 0.15) is 6.04 Å². The summed E-state index contributed by atoms with van der Waals surface area (Å²) < 4.78 is 0. The molecule has 3 rings (SSSR count). The van der Waals surface area contributed by atoms with E-state index in [0.29, 0.717) is 24.4 Å². The van der Waals surface area contributed by atoms with Crippen LogP contribution in [0.5, 0.6) is 0 Å². The van der Waals surface area contributed by atoms with E-state index >= 15 is 0 Å². The molecule has 0 aliphatic heterocycles. The maximum Gasteiger partial charge on any atom is 0.321 e. The molecule has 1 aliphatic rings. The fourth-order valence-corrected chi connectivity index (χ4v) is 3.91. The van der Waals surface area contributed by atoms with Gasteiger partial charge in [0, 0.05) is 11.3 Å². The van der Waals surface area contributed by atoms with Crippen molar-refractivity contribution in [3.8, 4) is 11.1 Å². The highest BCUT2D eigenvalue weighted by Crippen LogP contribution is 2.37. The molecule has 0 fully saturated rings. The van der Waals surface area contributed by atoms with Crippen LogP contribution in [0.25, 0.3) is 11.1 Å². The Labute approximate surface area is 154 Å². The summed E-state index contributed by atoms with van der Waals surface area (Å²) in [6, 6.07) is 14.2. The monoisotopic (exact) mass is 353 g/mol. The van der Waals surface area contributed by atoms with Crippen molar-refractivity contribution < 1.29 is 9.90 Å². The summed E-state index contributed by atoms with van der Waals surface area (Å²) in [7, 11) is 0. The van der Waals surface area contributed by atoms with Crippen LogP contribution in [0.1, 0.15) is 37.0 Å². The van der Waals surface area contributed by atoms with Gasteiger partial charge in [-0.25, -0.2) is 0 Å². The number of benzene rings is 2. The lowest BCUT2D eigenvalue weighted by Gasteiger charge is -2.26. The molecule has 1 N–H and O–H groups in total. The molecule has 0 heterocycles. The first-order valence-corrected chi connectivity index (χ1v) is 9.17. The fourth-order valence-electron chi connectivity index (χ4n) is 3.63. The first kappa shape index (κ1) is 17.8. The normalized spacial score (nSPS) is 13.4. The molecular formula is C21H23NO2S. The molecule has 0 unspecified atom stereocenters. The van der Waals surface area contributed by atoms with E-state index in [-0.39, 0.29) is 0 Å². The topological polar surface area (TPSA) is 40.5 Å². The van der Waals surface area contributed by atoms with Gasteiger partial charge in [0.25, 0.3) is 0 Å². The van der Waals surface area contributed by atoms with Gasteiger partial charge < -0.3 is 5.11 Å². The summed E-state index contributed by atoms with van der Waals surface area (Å²) in [5.41, 5.74) is 6.10. The number of hydrogen-bond acceptors (Lipinski definition) is 3. The van der Waals surface area contributed by atoms with Crippen molar-refractivity contribution in [2.45, 2.75) is 32.7 Å². The maximum absolute atomic E-state index is 11.7. The van der Waals surface area contributed by atoms with E-state index in [1.54, 1.807) is 0 Å². The van der Waals surface area contributed by atoms with Crippen LogP contribution in [0.15, 0.2) is 42.5 Å². The number of carboxylic acid groups (broad SMARTS) is 1. The van der Waals surface area contributed by atoms with E-state index in [1.165, 1.54) is 22.3 Å². The van der Waals surface area contributed by atoms with Crippen LogP contribution in [-0.4, -0.2) is 40.0 Å². The molecule has 0 spiro atoms. The molecular weight excluding hydrogens is 330 g/mol. The highest BCUT2D eigenvalue weighted by Gasteiger charge is 2.26. The van der Waals surface area contributed by atoms with Crippen molar-refractivity contribution in [1.82, 2.24) is 4.90 Å². The highest BCUT2D eigenvalue weighted by atomic mass is 32.1. The Morgan fingerprint density at radius 2 is 1.80 bits per heavy atom. The van der Waals surface area contributed by atoms with Gasteiger partial charge in [-0.1, -0.05) is 62.5 Å². The third kappa shape index (κ3) is 3.51. The SMILES string of the molecule is CCN(CC)[C@@H](CC(=S)c1ccc2c(c1)-c1ccccc1C2)C(=O)O. The summed E-state index contributed by atoms with van der Waals surface area (Å²) in [4.78, 5) is 14.3. The number of thiocarbonyl (C=S) groups is 1. The quantitative estimate of drug-likeness (QED) is 0.511. The zero-order valence-corrected chi connectivity index (χ0v) is 15.5. The first-order chi connectivity index (χ1) is 12.0. The number of likely N-dealkylation sites (N-methyl/N-ethyl adjacent to an activating group) is 1. The molecule has 25 heavy (non-hydrogen) atoms. The van der Waals surface area contributed by atoms with E-state index in [2.05, 4.69) is 36.4 Å². The van der Waals surface area contributed by atoms with E-state index in [1.807, 2.05) is 24.8 Å². The summed E-state index contributed by atoms with van der Waals surface area (Å²) in [5.74, 6) is -0.808. The number of carbonyl (C=O) groups is 1. The third-order valence-electron chi connectivity index (χ3n) is 5.04. The van der Waals surface area contributed by atoms with E-state index < -0.39 is 12.0 Å². The van der Waals surface area contributed by atoms with E-state index in [4.69, 9.17) is 12.2 Å². The van der Waals surface area contributed by atoms with Crippen molar-refractivity contribution in [2.24, 2.45) is 0 Å². The van der Waals surface area contributed by atoms with Gasteiger partial charge in [-0.2, -0.15) is 0 Å². The summed E-state index contributed by atoms with van der Waals surface area (Å²) in [6.45, 7) is 5.37. The van der Waals surface area contributed by atoms with Crippen LogP contribution in [0, 0.1) is 0 Å². The van der Waals surface area contributed by atoms with Crippen molar-refractivity contribution in [3.05, 3.63) is 59.2 Å². The molecule has 0 saturated heterocycles. The van der Waals surface area contributed by atoms with Crippen LogP contribution in [0.3, 0.4) is 0 Å². The van der Waals surface area contributed by atoms with Gasteiger partial charge in [0.05, 0.1) is 0 Å². The Kier molecular flexibility index (Phi) is 5.30. The molecule has 130 valence electrons. The third-order valence-corrected chi connectivity index (χ3v) is 5.44. The second kappa shape index (κ2) is 7.46. The number of fused-ring (bicyclic) bond motifs is 3. The average Bonchev–Trinajstić information content (AvgIpc) is 2.99. The van der Waals surface area contributed by atoms with Gasteiger partial charge in [0.15, 0.2) is 0 Å². The first-order valence-electron chi connectivity index (χ1n) is 8.76. The van der Waals surface area contributed by atoms with Crippen LogP contribution in [-0.2, 0) is 11.2 Å². The standard InChI is InChI=1S/C21H23NO2S/c1-3-22(4-2)19(21(23)24)13-20(25)16-10-9-15-11-14-7-5-6-8-17(14)18(15)12-16/h5-10,12,19H,3-4,11,13H2,1-2H3,(H,23,24)/t19-/m0/s1. The summed E-state index contributed by atoms with van der Waals surface area (Å²) in [5, 5.41) is 9.59. The second-order valence-electron chi connectivity index (χ2n) is 6.41.